The van der Waals surface area contributed by atoms with E-state index in [0.29, 0.717) is 0 Å². The maximum absolute atomic E-state index is 12.8. The van der Waals surface area contributed by atoms with Crippen LogP contribution in [0.25, 0.3) is 0 Å². The van der Waals surface area contributed by atoms with Gasteiger partial charge in [-0.25, -0.2) is 4.79 Å². The van der Waals surface area contributed by atoms with Crippen LogP contribution in [0.4, 0.5) is 8.78 Å². The fraction of sp³-hybridized carbons (Fsp3) is 0.900. The van der Waals surface area contributed by atoms with Crippen molar-refractivity contribution >= 4 is 5.97 Å². The van der Waals surface area contributed by atoms with Crippen molar-refractivity contribution in [2.75, 3.05) is 13.2 Å². The van der Waals surface area contributed by atoms with E-state index in [0.717, 1.165) is 0 Å². The van der Waals surface area contributed by atoms with Crippen molar-refractivity contribution in [1.82, 2.24) is 5.32 Å². The Morgan fingerprint density at radius 1 is 1.62 bits per heavy atom. The molecule has 94 valence electrons. The first kappa shape index (κ1) is 13.3. The number of rotatable bonds is 5. The number of alkyl halides is 2. The summed E-state index contributed by atoms with van der Waals surface area (Å²) in [7, 11) is 0. The lowest BCUT2D eigenvalue weighted by Crippen LogP contribution is -2.38. The number of carbonyl (C=O) groups is 1. The van der Waals surface area contributed by atoms with Crippen LogP contribution < -0.4 is 5.32 Å². The summed E-state index contributed by atoms with van der Waals surface area (Å²) in [5.74, 6) is -4.77. The maximum atomic E-state index is 12.8. The van der Waals surface area contributed by atoms with Crippen molar-refractivity contribution in [1.29, 1.82) is 0 Å². The first-order valence-corrected chi connectivity index (χ1v) is 5.30. The molecular weight excluding hydrogens is 220 g/mol. The van der Waals surface area contributed by atoms with Crippen molar-refractivity contribution in [3.8, 4) is 0 Å². The number of aliphatic hydroxyl groups excluding tert-OH is 1. The van der Waals surface area contributed by atoms with Crippen LogP contribution >= 0.6 is 0 Å². The molecule has 0 aliphatic carbocycles. The molecule has 0 amide bonds. The molecule has 1 fully saturated rings. The first-order valence-electron chi connectivity index (χ1n) is 5.30. The average Bonchev–Trinajstić information content (AvgIpc) is 2.48. The van der Waals surface area contributed by atoms with E-state index in [1.165, 1.54) is 0 Å². The minimum atomic E-state index is -3.35. The van der Waals surface area contributed by atoms with Crippen molar-refractivity contribution in [2.45, 2.75) is 38.3 Å². The van der Waals surface area contributed by atoms with Gasteiger partial charge in [0.25, 0.3) is 0 Å². The zero-order valence-corrected chi connectivity index (χ0v) is 9.37. The fourth-order valence-corrected chi connectivity index (χ4v) is 1.44. The smallest absolute Gasteiger partial charge is 0.377 e. The van der Waals surface area contributed by atoms with Crippen LogP contribution in [0.15, 0.2) is 0 Å². The molecule has 16 heavy (non-hydrogen) atoms. The molecule has 1 rings (SSSR count). The Labute approximate surface area is 93.0 Å². The van der Waals surface area contributed by atoms with E-state index in [-0.39, 0.29) is 25.1 Å². The summed E-state index contributed by atoms with van der Waals surface area (Å²) in [6, 6.07) is -0.0158. The Kier molecular flexibility index (Phi) is 4.21. The molecule has 0 spiro atoms. The molecule has 3 unspecified atom stereocenters. The van der Waals surface area contributed by atoms with Crippen LogP contribution in [0.1, 0.15) is 20.3 Å². The number of carbonyl (C=O) groups excluding carboxylic acids is 1. The highest BCUT2D eigenvalue weighted by atomic mass is 19.3. The molecule has 1 aliphatic heterocycles. The second kappa shape index (κ2) is 5.05. The predicted octanol–water partition coefficient (Wildman–Crippen LogP) is 0.544. The lowest BCUT2D eigenvalue weighted by atomic mass is 10.0. The van der Waals surface area contributed by atoms with Crippen LogP contribution in [0.5, 0.6) is 0 Å². The second-order valence-corrected chi connectivity index (χ2v) is 4.29. The van der Waals surface area contributed by atoms with Crippen molar-refractivity contribution in [3.63, 3.8) is 0 Å². The van der Waals surface area contributed by atoms with Gasteiger partial charge < -0.3 is 15.2 Å². The van der Waals surface area contributed by atoms with E-state index < -0.39 is 24.4 Å². The monoisotopic (exact) mass is 237 g/mol. The van der Waals surface area contributed by atoms with Gasteiger partial charge in [0, 0.05) is 19.2 Å². The highest BCUT2D eigenvalue weighted by Gasteiger charge is 2.50. The van der Waals surface area contributed by atoms with Crippen molar-refractivity contribution < 1.29 is 23.4 Å². The van der Waals surface area contributed by atoms with Gasteiger partial charge in [0.2, 0.25) is 0 Å². The first-order chi connectivity index (χ1) is 7.36. The summed E-state index contributed by atoms with van der Waals surface area (Å²) in [6.45, 7) is 3.89. The summed E-state index contributed by atoms with van der Waals surface area (Å²) >= 11 is 0. The van der Waals surface area contributed by atoms with Gasteiger partial charge in [-0.15, -0.1) is 0 Å². The van der Waals surface area contributed by atoms with E-state index in [1.54, 1.807) is 0 Å². The van der Waals surface area contributed by atoms with Crippen molar-refractivity contribution in [3.05, 3.63) is 0 Å². The van der Waals surface area contributed by atoms with Crippen LogP contribution in [-0.4, -0.2) is 42.3 Å². The molecular formula is C10H17F2NO3. The maximum Gasteiger partial charge on any atom is 0.377 e. The number of aliphatic hydroxyl groups is 1. The summed E-state index contributed by atoms with van der Waals surface area (Å²) in [6.07, 6.45) is -1.35. The molecule has 0 bridgehead atoms. The normalized spacial score (nSPS) is 27.6. The second-order valence-electron chi connectivity index (χ2n) is 4.29. The molecule has 0 aromatic carbocycles. The minimum absolute atomic E-state index is 0.0158. The fourth-order valence-electron chi connectivity index (χ4n) is 1.44. The van der Waals surface area contributed by atoms with Gasteiger partial charge in [0.05, 0.1) is 6.42 Å². The van der Waals surface area contributed by atoms with Gasteiger partial charge in [-0.2, -0.15) is 8.78 Å². The van der Waals surface area contributed by atoms with Crippen LogP contribution in [-0.2, 0) is 9.53 Å². The Morgan fingerprint density at radius 3 is 2.69 bits per heavy atom. The standard InChI is InChI=1S/C10H17F2NO3/c1-6(5-14)7(2)13-4-8-3-10(11,12)9(15)16-8/h6-8,13-14H,3-5H2,1-2H3. The van der Waals surface area contributed by atoms with Crippen LogP contribution in [0, 0.1) is 5.92 Å². The number of ether oxygens (including phenoxy) is 1. The molecule has 6 heteroatoms. The predicted molar refractivity (Wildman–Crippen MR) is 53.2 cm³/mol. The quantitative estimate of drug-likeness (QED) is 0.685. The molecule has 0 aromatic rings. The number of hydrogen-bond acceptors (Lipinski definition) is 4. The number of esters is 1. The zero-order chi connectivity index (χ0) is 12.3. The molecule has 0 saturated carbocycles. The number of halogens is 2. The largest absolute Gasteiger partial charge is 0.456 e. The Morgan fingerprint density at radius 2 is 2.25 bits per heavy atom. The molecule has 1 saturated heterocycles. The van der Waals surface area contributed by atoms with Gasteiger partial charge >= 0.3 is 11.9 Å². The SMILES string of the molecule is CC(CO)C(C)NCC1CC(F)(F)C(=O)O1. The molecule has 1 aliphatic rings. The molecule has 1 heterocycles. The highest BCUT2D eigenvalue weighted by Crippen LogP contribution is 2.30. The average molecular weight is 237 g/mol. The highest BCUT2D eigenvalue weighted by molar-refractivity contribution is 5.79. The third kappa shape index (κ3) is 3.12. The van der Waals surface area contributed by atoms with Gasteiger partial charge in [0.1, 0.15) is 6.10 Å². The molecule has 3 atom stereocenters. The molecule has 2 N–H and O–H groups in total. The summed E-state index contributed by atoms with van der Waals surface area (Å²) in [5.41, 5.74) is 0. The molecule has 0 radical (unpaired) electrons. The minimum Gasteiger partial charge on any atom is -0.456 e. The van der Waals surface area contributed by atoms with E-state index in [1.807, 2.05) is 13.8 Å². The zero-order valence-electron chi connectivity index (χ0n) is 9.37. The summed E-state index contributed by atoms with van der Waals surface area (Å²) < 4.78 is 30.1. The van der Waals surface area contributed by atoms with Crippen LogP contribution in [0.2, 0.25) is 0 Å². The van der Waals surface area contributed by atoms with Crippen molar-refractivity contribution in [2.24, 2.45) is 5.92 Å². The van der Waals surface area contributed by atoms with E-state index >= 15 is 0 Å². The van der Waals surface area contributed by atoms with E-state index in [4.69, 9.17) is 5.11 Å². The topological polar surface area (TPSA) is 58.6 Å². The number of cyclic esters (lactones) is 1. The Bertz CT molecular complexity index is 260. The van der Waals surface area contributed by atoms with E-state index in [9.17, 15) is 13.6 Å². The van der Waals surface area contributed by atoms with Gasteiger partial charge in [-0.05, 0) is 12.8 Å². The van der Waals surface area contributed by atoms with Gasteiger partial charge in [-0.3, -0.25) is 0 Å². The lowest BCUT2D eigenvalue weighted by molar-refractivity contribution is -0.159. The Balaban J connectivity index is 2.33. The van der Waals surface area contributed by atoms with Gasteiger partial charge in [-0.1, -0.05) is 6.92 Å². The Hall–Kier alpha value is -0.750. The number of nitrogens with one attached hydrogen (secondary N) is 1. The van der Waals surface area contributed by atoms with Crippen LogP contribution in [0.3, 0.4) is 0 Å². The molecule has 4 nitrogen and oxygen atoms in total. The summed E-state index contributed by atoms with van der Waals surface area (Å²) in [4.78, 5) is 10.7. The lowest BCUT2D eigenvalue weighted by Gasteiger charge is -2.20. The molecule has 0 aromatic heterocycles. The third-order valence-electron chi connectivity index (χ3n) is 2.87. The number of hydrogen-bond donors (Lipinski definition) is 2. The van der Waals surface area contributed by atoms with E-state index in [2.05, 4.69) is 10.1 Å². The van der Waals surface area contributed by atoms with Gasteiger partial charge in [0.15, 0.2) is 0 Å². The summed E-state index contributed by atoms with van der Waals surface area (Å²) in [5, 5.41) is 11.8. The third-order valence-corrected chi connectivity index (χ3v) is 2.87.